The van der Waals surface area contributed by atoms with Crippen molar-refractivity contribution >= 4 is 21.8 Å². The molecular formula is C17H28BrNO. The smallest absolute Gasteiger partial charge is 0.228 e. The van der Waals surface area contributed by atoms with Crippen molar-refractivity contribution in [1.82, 2.24) is 4.90 Å². The molecule has 1 amide bonds. The van der Waals surface area contributed by atoms with E-state index in [-0.39, 0.29) is 5.41 Å². The molecule has 3 heteroatoms. The third-order valence-electron chi connectivity index (χ3n) is 5.95. The van der Waals surface area contributed by atoms with Crippen molar-refractivity contribution in [3.05, 3.63) is 0 Å². The van der Waals surface area contributed by atoms with Crippen LogP contribution in [0.15, 0.2) is 0 Å². The van der Waals surface area contributed by atoms with Gasteiger partial charge in [-0.3, -0.25) is 4.79 Å². The van der Waals surface area contributed by atoms with Crippen molar-refractivity contribution in [2.45, 2.75) is 64.1 Å². The van der Waals surface area contributed by atoms with E-state index < -0.39 is 0 Å². The van der Waals surface area contributed by atoms with E-state index in [1.807, 2.05) is 11.9 Å². The van der Waals surface area contributed by atoms with Crippen LogP contribution >= 0.6 is 15.9 Å². The van der Waals surface area contributed by atoms with E-state index in [0.29, 0.717) is 21.6 Å². The van der Waals surface area contributed by atoms with E-state index in [0.717, 1.165) is 31.7 Å². The normalized spacial score (nSPS) is 47.4. The van der Waals surface area contributed by atoms with Crippen molar-refractivity contribution in [3.8, 4) is 0 Å². The molecule has 0 aromatic rings. The highest BCUT2D eigenvalue weighted by Gasteiger charge is 2.63. The molecule has 4 fully saturated rings. The molecule has 4 bridgehead atoms. The zero-order valence-electron chi connectivity index (χ0n) is 13.3. The first kappa shape index (κ1) is 14.9. The van der Waals surface area contributed by atoms with Gasteiger partial charge in [0.05, 0.1) is 5.41 Å². The monoisotopic (exact) mass is 341 g/mol. The summed E-state index contributed by atoms with van der Waals surface area (Å²) in [6.07, 6.45) is 7.46. The number of alkyl halides is 1. The van der Waals surface area contributed by atoms with Crippen LogP contribution < -0.4 is 0 Å². The third-order valence-corrected chi connectivity index (χ3v) is 6.24. The van der Waals surface area contributed by atoms with Crippen molar-refractivity contribution in [1.29, 1.82) is 0 Å². The van der Waals surface area contributed by atoms with Crippen molar-refractivity contribution in [3.63, 3.8) is 0 Å². The fourth-order valence-electron chi connectivity index (χ4n) is 6.55. The number of carbonyl (C=O) groups excluding carboxylic acids is 1. The van der Waals surface area contributed by atoms with Crippen molar-refractivity contribution < 1.29 is 4.79 Å². The summed E-state index contributed by atoms with van der Waals surface area (Å²) >= 11 is 3.58. The molecule has 0 spiro atoms. The maximum Gasteiger partial charge on any atom is 0.228 e. The molecule has 2 nitrogen and oxygen atoms in total. The van der Waals surface area contributed by atoms with Gasteiger partial charge in [-0.05, 0) is 55.3 Å². The second kappa shape index (κ2) is 4.47. The first-order chi connectivity index (χ1) is 9.15. The van der Waals surface area contributed by atoms with E-state index in [4.69, 9.17) is 0 Å². The summed E-state index contributed by atoms with van der Waals surface area (Å²) in [4.78, 5) is 15.5. The highest BCUT2D eigenvalue weighted by Crippen LogP contribution is 2.69. The predicted molar refractivity (Wildman–Crippen MR) is 85.9 cm³/mol. The molecule has 4 aliphatic rings. The quantitative estimate of drug-likeness (QED) is 0.703. The minimum atomic E-state index is -0.0421. The summed E-state index contributed by atoms with van der Waals surface area (Å²) in [5.41, 5.74) is 0.801. The minimum absolute atomic E-state index is 0.0421. The van der Waals surface area contributed by atoms with Gasteiger partial charge in [0.1, 0.15) is 0 Å². The summed E-state index contributed by atoms with van der Waals surface area (Å²) in [7, 11) is 1.99. The molecule has 0 aromatic heterocycles. The Labute approximate surface area is 131 Å². The van der Waals surface area contributed by atoms with Crippen LogP contribution in [0.25, 0.3) is 0 Å². The lowest BCUT2D eigenvalue weighted by molar-refractivity contribution is -0.178. The van der Waals surface area contributed by atoms with Gasteiger partial charge < -0.3 is 4.90 Å². The molecule has 0 N–H and O–H groups in total. The maximum atomic E-state index is 13.1. The van der Waals surface area contributed by atoms with Gasteiger partial charge in [-0.25, -0.2) is 0 Å². The Bertz CT molecular complexity index is 415. The van der Waals surface area contributed by atoms with E-state index in [2.05, 4.69) is 36.7 Å². The molecule has 4 saturated carbocycles. The Kier molecular flexibility index (Phi) is 3.32. The van der Waals surface area contributed by atoms with Gasteiger partial charge in [0.25, 0.3) is 0 Å². The predicted octanol–water partition coefficient (Wildman–Crippen LogP) is 4.22. The van der Waals surface area contributed by atoms with Crippen molar-refractivity contribution in [2.75, 3.05) is 13.6 Å². The number of nitrogens with zero attached hydrogens (tertiary/aromatic N) is 1. The molecule has 0 aromatic carbocycles. The Morgan fingerprint density at radius 2 is 1.75 bits per heavy atom. The number of amides is 1. The lowest BCUT2D eigenvalue weighted by atomic mass is 9.40. The van der Waals surface area contributed by atoms with Gasteiger partial charge in [-0.15, -0.1) is 0 Å². The van der Waals surface area contributed by atoms with Crippen LogP contribution in [0, 0.1) is 22.2 Å². The number of rotatable bonds is 3. The fourth-order valence-corrected chi connectivity index (χ4v) is 6.99. The largest absolute Gasteiger partial charge is 0.344 e. The Morgan fingerprint density at radius 1 is 1.20 bits per heavy atom. The molecular weight excluding hydrogens is 314 g/mol. The van der Waals surface area contributed by atoms with Crippen LogP contribution in [0.1, 0.15) is 59.3 Å². The molecule has 0 aliphatic heterocycles. The average Bonchev–Trinajstić information content (AvgIpc) is 2.21. The number of halogens is 1. The molecule has 0 radical (unpaired) electrons. The fraction of sp³-hybridized carbons (Fsp3) is 0.941. The molecule has 20 heavy (non-hydrogen) atoms. The van der Waals surface area contributed by atoms with Gasteiger partial charge in [0.15, 0.2) is 0 Å². The standard InChI is InChI=1S/C17H28BrNO/c1-12(18)8-19(4)14(20)17-7-13-5-15(2,10-17)9-16(3,6-13)11-17/h12-13H,5-11H2,1-4H3. The van der Waals surface area contributed by atoms with Crippen LogP contribution in [0.5, 0.6) is 0 Å². The second-order valence-corrected chi connectivity index (χ2v) is 10.4. The first-order valence-electron chi connectivity index (χ1n) is 8.05. The van der Waals surface area contributed by atoms with E-state index in [9.17, 15) is 4.79 Å². The van der Waals surface area contributed by atoms with E-state index in [1.165, 1.54) is 19.3 Å². The van der Waals surface area contributed by atoms with Crippen LogP contribution in [0.4, 0.5) is 0 Å². The van der Waals surface area contributed by atoms with Crippen LogP contribution in [0.2, 0.25) is 0 Å². The molecule has 4 rings (SSSR count). The topological polar surface area (TPSA) is 20.3 Å². The summed E-state index contributed by atoms with van der Waals surface area (Å²) in [5, 5.41) is 0. The van der Waals surface area contributed by atoms with Gasteiger partial charge in [-0.1, -0.05) is 36.7 Å². The SMILES string of the molecule is CC(Br)CN(C)C(=O)C12CC3CC(C)(CC(C)(C3)C1)C2. The summed E-state index contributed by atoms with van der Waals surface area (Å²) in [6.45, 7) is 7.81. The zero-order chi connectivity index (χ0) is 14.8. The van der Waals surface area contributed by atoms with Gasteiger partial charge in [0.2, 0.25) is 5.91 Å². The van der Waals surface area contributed by atoms with E-state index >= 15 is 0 Å². The third kappa shape index (κ3) is 2.34. The molecule has 0 saturated heterocycles. The Balaban J connectivity index is 1.87. The molecule has 114 valence electrons. The lowest BCUT2D eigenvalue weighted by Gasteiger charge is -2.65. The minimum Gasteiger partial charge on any atom is -0.344 e. The van der Waals surface area contributed by atoms with Crippen molar-refractivity contribution in [2.24, 2.45) is 22.2 Å². The number of carbonyl (C=O) groups is 1. The molecule has 4 aliphatic carbocycles. The summed E-state index contributed by atoms with van der Waals surface area (Å²) < 4.78 is 0. The van der Waals surface area contributed by atoms with Gasteiger partial charge >= 0.3 is 0 Å². The number of hydrogen-bond acceptors (Lipinski definition) is 1. The highest BCUT2D eigenvalue weighted by atomic mass is 79.9. The van der Waals surface area contributed by atoms with Gasteiger partial charge in [0, 0.05) is 18.4 Å². The summed E-state index contributed by atoms with van der Waals surface area (Å²) in [5.74, 6) is 1.21. The first-order valence-corrected chi connectivity index (χ1v) is 8.97. The number of hydrogen-bond donors (Lipinski definition) is 0. The maximum absolute atomic E-state index is 13.1. The molecule has 0 heterocycles. The van der Waals surface area contributed by atoms with Gasteiger partial charge in [-0.2, -0.15) is 0 Å². The van der Waals surface area contributed by atoms with Crippen LogP contribution in [-0.4, -0.2) is 29.2 Å². The van der Waals surface area contributed by atoms with Crippen LogP contribution in [0.3, 0.4) is 0 Å². The Hall–Kier alpha value is -0.0500. The molecule has 3 atom stereocenters. The second-order valence-electron chi connectivity index (χ2n) is 8.88. The van der Waals surface area contributed by atoms with Crippen LogP contribution in [-0.2, 0) is 4.79 Å². The summed E-state index contributed by atoms with van der Waals surface area (Å²) in [6, 6.07) is 0. The average molecular weight is 342 g/mol. The Morgan fingerprint density at radius 3 is 2.20 bits per heavy atom. The lowest BCUT2D eigenvalue weighted by Crippen LogP contribution is -2.60. The zero-order valence-corrected chi connectivity index (χ0v) is 14.9. The van der Waals surface area contributed by atoms with E-state index in [1.54, 1.807) is 0 Å². The molecule has 3 unspecified atom stereocenters. The highest BCUT2D eigenvalue weighted by molar-refractivity contribution is 9.09.